The molecule has 0 aliphatic carbocycles. The fraction of sp³-hybridized carbons (Fsp3) is 0.467. The van der Waals surface area contributed by atoms with Crippen molar-refractivity contribution in [3.8, 4) is 0 Å². The molecule has 1 aromatic rings. The zero-order valence-corrected chi connectivity index (χ0v) is 13.3. The summed E-state index contributed by atoms with van der Waals surface area (Å²) < 4.78 is 11.1. The number of hydrogen-bond acceptors (Lipinski definition) is 4. The first kappa shape index (κ1) is 16.7. The maximum Gasteiger partial charge on any atom is 0.306 e. The Morgan fingerprint density at radius 3 is 2.60 bits per heavy atom. The summed E-state index contributed by atoms with van der Waals surface area (Å²) in [7, 11) is 0. The van der Waals surface area contributed by atoms with Crippen molar-refractivity contribution in [1.82, 2.24) is 0 Å². The first-order chi connectivity index (χ1) is 9.52. The number of ether oxygens (including phenoxy) is 2. The van der Waals surface area contributed by atoms with Crippen LogP contribution in [0.2, 0.25) is 0 Å². The number of rotatable bonds is 7. The van der Waals surface area contributed by atoms with Gasteiger partial charge in [0.15, 0.2) is 0 Å². The van der Waals surface area contributed by atoms with Gasteiger partial charge in [-0.3, -0.25) is 9.59 Å². The van der Waals surface area contributed by atoms with Crippen LogP contribution < -0.4 is 0 Å². The van der Waals surface area contributed by atoms with E-state index in [1.54, 1.807) is 6.92 Å². The van der Waals surface area contributed by atoms with Crippen LogP contribution in [0.15, 0.2) is 28.7 Å². The Morgan fingerprint density at radius 2 is 1.95 bits per heavy atom. The second-order valence-corrected chi connectivity index (χ2v) is 5.32. The number of carbonyl (C=O) groups excluding carboxylic acids is 2. The lowest BCUT2D eigenvalue weighted by Gasteiger charge is -2.13. The fourth-order valence-electron chi connectivity index (χ4n) is 1.58. The number of benzene rings is 1. The molecule has 1 atom stereocenters. The molecule has 20 heavy (non-hydrogen) atoms. The Labute approximate surface area is 127 Å². The highest BCUT2D eigenvalue weighted by Crippen LogP contribution is 2.21. The Hall–Kier alpha value is -1.36. The molecule has 1 unspecified atom stereocenters. The lowest BCUT2D eigenvalue weighted by molar-refractivity contribution is -0.153. The third-order valence-corrected chi connectivity index (χ3v) is 3.12. The van der Waals surface area contributed by atoms with Gasteiger partial charge in [0, 0.05) is 4.47 Å². The first-order valence-electron chi connectivity index (χ1n) is 6.63. The van der Waals surface area contributed by atoms with E-state index in [0.717, 1.165) is 16.5 Å². The van der Waals surface area contributed by atoms with E-state index in [1.807, 2.05) is 31.2 Å². The van der Waals surface area contributed by atoms with E-state index in [4.69, 9.17) is 9.47 Å². The molecule has 0 saturated heterocycles. The van der Waals surface area contributed by atoms with Crippen molar-refractivity contribution in [2.24, 2.45) is 0 Å². The molecule has 1 aromatic carbocycles. The highest BCUT2D eigenvalue weighted by atomic mass is 79.9. The minimum atomic E-state index is -0.397. The monoisotopic (exact) mass is 342 g/mol. The van der Waals surface area contributed by atoms with Crippen LogP contribution in [-0.4, -0.2) is 18.5 Å². The van der Waals surface area contributed by atoms with E-state index < -0.39 is 5.97 Å². The molecule has 0 aliphatic rings. The van der Waals surface area contributed by atoms with Crippen LogP contribution in [0.3, 0.4) is 0 Å². The second kappa shape index (κ2) is 8.74. The molecule has 0 N–H and O–H groups in total. The summed E-state index contributed by atoms with van der Waals surface area (Å²) in [6, 6.07) is 7.57. The van der Waals surface area contributed by atoms with Crippen LogP contribution in [0.25, 0.3) is 0 Å². The zero-order valence-electron chi connectivity index (χ0n) is 11.7. The average Bonchev–Trinajstić information content (AvgIpc) is 2.42. The summed E-state index contributed by atoms with van der Waals surface area (Å²) in [5.74, 6) is -0.759. The Morgan fingerprint density at radius 1 is 1.25 bits per heavy atom. The predicted molar refractivity (Wildman–Crippen MR) is 79.1 cm³/mol. The minimum absolute atomic E-state index is 0.0426. The van der Waals surface area contributed by atoms with Gasteiger partial charge in [-0.2, -0.15) is 0 Å². The number of halogens is 1. The molecule has 0 fully saturated rings. The lowest BCUT2D eigenvalue weighted by Crippen LogP contribution is -2.12. The van der Waals surface area contributed by atoms with Crippen LogP contribution in [0, 0.1) is 0 Å². The molecule has 0 bridgehead atoms. The van der Waals surface area contributed by atoms with Gasteiger partial charge in [-0.25, -0.2) is 0 Å². The smallest absolute Gasteiger partial charge is 0.306 e. The molecule has 5 heteroatoms. The van der Waals surface area contributed by atoms with E-state index in [-0.39, 0.29) is 24.9 Å². The van der Waals surface area contributed by atoms with Gasteiger partial charge in [0.2, 0.25) is 0 Å². The minimum Gasteiger partial charge on any atom is -0.466 e. The van der Waals surface area contributed by atoms with Crippen LogP contribution in [0.4, 0.5) is 0 Å². The molecular weight excluding hydrogens is 324 g/mol. The molecule has 0 heterocycles. The summed E-state index contributed by atoms with van der Waals surface area (Å²) in [6.07, 6.45) is 0.535. The number of esters is 2. The molecule has 4 nitrogen and oxygen atoms in total. The van der Waals surface area contributed by atoms with Crippen molar-refractivity contribution in [2.75, 3.05) is 6.61 Å². The van der Waals surface area contributed by atoms with E-state index in [1.165, 1.54) is 0 Å². The molecule has 110 valence electrons. The van der Waals surface area contributed by atoms with Crippen LogP contribution in [0.1, 0.15) is 44.8 Å². The van der Waals surface area contributed by atoms with Crippen LogP contribution in [-0.2, 0) is 19.1 Å². The lowest BCUT2D eigenvalue weighted by atomic mass is 10.1. The van der Waals surface area contributed by atoms with Crippen molar-refractivity contribution in [1.29, 1.82) is 0 Å². The Bertz CT molecular complexity index is 459. The third-order valence-electron chi connectivity index (χ3n) is 2.63. The van der Waals surface area contributed by atoms with E-state index in [9.17, 15) is 9.59 Å². The summed E-state index contributed by atoms with van der Waals surface area (Å²) in [6.45, 7) is 4.11. The van der Waals surface area contributed by atoms with Gasteiger partial charge in [0.25, 0.3) is 0 Å². The van der Waals surface area contributed by atoms with Gasteiger partial charge in [-0.05, 0) is 31.0 Å². The van der Waals surface area contributed by atoms with Crippen molar-refractivity contribution in [3.63, 3.8) is 0 Å². The summed E-state index contributed by atoms with van der Waals surface area (Å²) in [5, 5.41) is 0. The van der Waals surface area contributed by atoms with Gasteiger partial charge in [0.1, 0.15) is 6.10 Å². The summed E-state index contributed by atoms with van der Waals surface area (Å²) in [4.78, 5) is 22.9. The highest BCUT2D eigenvalue weighted by molar-refractivity contribution is 9.10. The number of hydrogen-bond donors (Lipinski definition) is 0. The van der Waals surface area contributed by atoms with Gasteiger partial charge in [0.05, 0.1) is 19.4 Å². The van der Waals surface area contributed by atoms with Crippen molar-refractivity contribution < 1.29 is 19.1 Å². The van der Waals surface area contributed by atoms with Gasteiger partial charge in [-0.1, -0.05) is 35.0 Å². The van der Waals surface area contributed by atoms with Crippen molar-refractivity contribution >= 4 is 27.9 Å². The Balaban J connectivity index is 2.36. The average molecular weight is 343 g/mol. The van der Waals surface area contributed by atoms with Crippen molar-refractivity contribution in [3.05, 3.63) is 34.3 Å². The topological polar surface area (TPSA) is 52.6 Å². The zero-order chi connectivity index (χ0) is 15.0. The molecule has 0 radical (unpaired) electrons. The first-order valence-corrected chi connectivity index (χ1v) is 7.42. The van der Waals surface area contributed by atoms with Gasteiger partial charge < -0.3 is 9.47 Å². The standard InChI is InChI=1S/C15H19BrO4/c1-3-9-19-14(17)7-8-15(18)20-11(2)12-5-4-6-13(16)10-12/h4-6,10-11H,3,7-9H2,1-2H3. The quantitative estimate of drug-likeness (QED) is 0.707. The van der Waals surface area contributed by atoms with Gasteiger partial charge in [-0.15, -0.1) is 0 Å². The third kappa shape index (κ3) is 6.19. The highest BCUT2D eigenvalue weighted by Gasteiger charge is 2.14. The Kier molecular flexibility index (Phi) is 7.30. The summed E-state index contributed by atoms with van der Waals surface area (Å²) in [5.41, 5.74) is 0.904. The molecule has 0 aliphatic heterocycles. The molecule has 0 amide bonds. The predicted octanol–water partition coefficient (Wildman–Crippen LogP) is 3.79. The normalized spacial score (nSPS) is 11.8. The van der Waals surface area contributed by atoms with Crippen molar-refractivity contribution in [2.45, 2.75) is 39.2 Å². The van der Waals surface area contributed by atoms with E-state index in [0.29, 0.717) is 6.61 Å². The molecule has 0 saturated carbocycles. The van der Waals surface area contributed by atoms with Crippen LogP contribution >= 0.6 is 15.9 Å². The molecule has 0 aromatic heterocycles. The van der Waals surface area contributed by atoms with E-state index >= 15 is 0 Å². The number of carbonyl (C=O) groups is 2. The van der Waals surface area contributed by atoms with Gasteiger partial charge >= 0.3 is 11.9 Å². The summed E-state index contributed by atoms with van der Waals surface area (Å²) >= 11 is 3.37. The second-order valence-electron chi connectivity index (χ2n) is 4.41. The maximum absolute atomic E-state index is 11.6. The molecular formula is C15H19BrO4. The maximum atomic E-state index is 11.6. The largest absolute Gasteiger partial charge is 0.466 e. The SMILES string of the molecule is CCCOC(=O)CCC(=O)OC(C)c1cccc(Br)c1. The molecule has 1 rings (SSSR count). The molecule has 0 spiro atoms. The fourth-order valence-corrected chi connectivity index (χ4v) is 1.99. The van der Waals surface area contributed by atoms with Crippen LogP contribution in [0.5, 0.6) is 0 Å². The van der Waals surface area contributed by atoms with E-state index in [2.05, 4.69) is 15.9 Å².